The topological polar surface area (TPSA) is 56.7 Å². The van der Waals surface area contributed by atoms with E-state index < -0.39 is 12.1 Å². The van der Waals surface area contributed by atoms with Gasteiger partial charge in [0.15, 0.2) is 5.96 Å². The quantitative estimate of drug-likeness (QED) is 0.333. The second kappa shape index (κ2) is 10.8. The molecule has 0 radical (unpaired) electrons. The van der Waals surface area contributed by atoms with E-state index in [-0.39, 0.29) is 48.6 Å². The Hall–Kier alpha value is -1.19. The van der Waals surface area contributed by atoms with Crippen molar-refractivity contribution >= 4 is 29.9 Å². The first-order valence-electron chi connectivity index (χ1n) is 8.78. The number of guanidine groups is 1. The fourth-order valence-electron chi connectivity index (χ4n) is 3.14. The van der Waals surface area contributed by atoms with Crippen LogP contribution in [-0.2, 0) is 6.42 Å². The number of phenolic OH excluding ortho intramolecular Hbond substituents is 1. The van der Waals surface area contributed by atoms with Crippen molar-refractivity contribution in [2.45, 2.75) is 51.2 Å². The fraction of sp³-hybridized carbons (Fsp3) is 0.611. The maximum absolute atomic E-state index is 12.9. The molecule has 8 heteroatoms. The van der Waals surface area contributed by atoms with Crippen LogP contribution in [0.25, 0.3) is 0 Å². The van der Waals surface area contributed by atoms with E-state index in [1.54, 1.807) is 18.2 Å². The zero-order chi connectivity index (χ0) is 18.3. The smallest absolute Gasteiger partial charge is 0.391 e. The van der Waals surface area contributed by atoms with E-state index in [9.17, 15) is 18.3 Å². The summed E-state index contributed by atoms with van der Waals surface area (Å²) in [4.78, 5) is 4.45. The number of nitrogens with one attached hydrogen (secondary N) is 2. The van der Waals surface area contributed by atoms with E-state index >= 15 is 0 Å². The van der Waals surface area contributed by atoms with Crippen LogP contribution < -0.4 is 10.6 Å². The van der Waals surface area contributed by atoms with Crippen LogP contribution >= 0.6 is 24.0 Å². The summed E-state index contributed by atoms with van der Waals surface area (Å²) in [6.07, 6.45) is -1.85. The van der Waals surface area contributed by atoms with Crippen molar-refractivity contribution in [3.63, 3.8) is 0 Å². The molecule has 1 aliphatic rings. The Kier molecular flexibility index (Phi) is 9.52. The summed E-state index contributed by atoms with van der Waals surface area (Å²) in [5.41, 5.74) is 0.967. The lowest BCUT2D eigenvalue weighted by Gasteiger charge is -2.31. The summed E-state index contributed by atoms with van der Waals surface area (Å²) in [5.74, 6) is -0.462. The van der Waals surface area contributed by atoms with E-state index in [1.807, 2.05) is 13.0 Å². The minimum absolute atomic E-state index is 0. The molecule has 1 fully saturated rings. The molecule has 0 bridgehead atoms. The van der Waals surface area contributed by atoms with Gasteiger partial charge in [0.1, 0.15) is 5.75 Å². The van der Waals surface area contributed by atoms with Crippen molar-refractivity contribution in [1.82, 2.24) is 10.6 Å². The molecule has 1 aliphatic carbocycles. The lowest BCUT2D eigenvalue weighted by atomic mass is 9.85. The lowest BCUT2D eigenvalue weighted by molar-refractivity contribution is -0.183. The summed E-state index contributed by atoms with van der Waals surface area (Å²) in [6, 6.07) is 6.77. The average Bonchev–Trinajstić information content (AvgIpc) is 2.54. The number of nitrogens with zero attached hydrogens (tertiary/aromatic N) is 1. The zero-order valence-corrected chi connectivity index (χ0v) is 17.2. The summed E-state index contributed by atoms with van der Waals surface area (Å²) >= 11 is 0. The Morgan fingerprint density at radius 2 is 2.08 bits per heavy atom. The molecule has 3 N–H and O–H groups in total. The van der Waals surface area contributed by atoms with Gasteiger partial charge in [-0.15, -0.1) is 24.0 Å². The number of hydrogen-bond acceptors (Lipinski definition) is 2. The van der Waals surface area contributed by atoms with Gasteiger partial charge in [0, 0.05) is 19.1 Å². The Bertz CT molecular complexity index is 581. The predicted molar refractivity (Wildman–Crippen MR) is 108 cm³/mol. The summed E-state index contributed by atoms with van der Waals surface area (Å²) in [7, 11) is 0. The molecule has 0 amide bonds. The second-order valence-corrected chi connectivity index (χ2v) is 6.43. The fourth-order valence-corrected chi connectivity index (χ4v) is 3.14. The monoisotopic (exact) mass is 485 g/mol. The number of alkyl halides is 3. The van der Waals surface area contributed by atoms with Crippen molar-refractivity contribution in [1.29, 1.82) is 0 Å². The molecule has 1 aromatic rings. The van der Waals surface area contributed by atoms with Gasteiger partial charge >= 0.3 is 6.18 Å². The molecular weight excluding hydrogens is 458 g/mol. The minimum Gasteiger partial charge on any atom is -0.508 e. The van der Waals surface area contributed by atoms with Gasteiger partial charge in [-0.2, -0.15) is 13.2 Å². The molecule has 26 heavy (non-hydrogen) atoms. The molecule has 1 saturated carbocycles. The summed E-state index contributed by atoms with van der Waals surface area (Å²) in [5, 5.41) is 15.7. The number of aromatic hydroxyl groups is 1. The highest BCUT2D eigenvalue weighted by molar-refractivity contribution is 14.0. The maximum atomic E-state index is 12.9. The van der Waals surface area contributed by atoms with E-state index in [0.717, 1.165) is 12.0 Å². The molecule has 0 aliphatic heterocycles. The molecule has 4 nitrogen and oxygen atoms in total. The Morgan fingerprint density at radius 1 is 1.31 bits per heavy atom. The molecule has 0 heterocycles. The number of halogens is 4. The van der Waals surface area contributed by atoms with Gasteiger partial charge in [-0.05, 0) is 50.3 Å². The van der Waals surface area contributed by atoms with Crippen LogP contribution in [-0.4, -0.2) is 36.4 Å². The third-order valence-corrected chi connectivity index (χ3v) is 4.40. The van der Waals surface area contributed by atoms with E-state index in [4.69, 9.17) is 0 Å². The first kappa shape index (κ1) is 22.9. The Balaban J connectivity index is 0.00000338. The Labute approximate surface area is 169 Å². The third-order valence-electron chi connectivity index (χ3n) is 4.40. The van der Waals surface area contributed by atoms with Gasteiger partial charge in [-0.3, -0.25) is 4.99 Å². The first-order chi connectivity index (χ1) is 11.9. The summed E-state index contributed by atoms with van der Waals surface area (Å²) in [6.45, 7) is 3.06. The number of benzene rings is 1. The van der Waals surface area contributed by atoms with Crippen molar-refractivity contribution < 1.29 is 18.3 Å². The number of rotatable bonds is 5. The molecule has 0 aromatic heterocycles. The van der Waals surface area contributed by atoms with Crippen LogP contribution in [0.3, 0.4) is 0 Å². The van der Waals surface area contributed by atoms with Gasteiger partial charge in [-0.25, -0.2) is 0 Å². The number of phenols is 1. The van der Waals surface area contributed by atoms with Gasteiger partial charge in [-0.1, -0.05) is 18.6 Å². The molecular formula is C18H27F3IN3O. The van der Waals surface area contributed by atoms with Gasteiger partial charge in [0.2, 0.25) is 0 Å². The van der Waals surface area contributed by atoms with Crippen LogP contribution in [0.4, 0.5) is 13.2 Å². The van der Waals surface area contributed by atoms with Gasteiger partial charge < -0.3 is 15.7 Å². The van der Waals surface area contributed by atoms with Crippen LogP contribution in [0.5, 0.6) is 5.75 Å². The highest BCUT2D eigenvalue weighted by Gasteiger charge is 2.42. The molecule has 1 aromatic carbocycles. The van der Waals surface area contributed by atoms with Crippen LogP contribution in [0, 0.1) is 5.92 Å². The largest absolute Gasteiger partial charge is 0.508 e. The predicted octanol–water partition coefficient (Wildman–Crippen LogP) is 4.23. The molecule has 2 unspecified atom stereocenters. The first-order valence-corrected chi connectivity index (χ1v) is 8.78. The molecule has 0 saturated heterocycles. The third kappa shape index (κ3) is 7.59. The van der Waals surface area contributed by atoms with Crippen molar-refractivity contribution in [2.75, 3.05) is 13.1 Å². The van der Waals surface area contributed by atoms with Crippen LogP contribution in [0.15, 0.2) is 29.3 Å². The lowest BCUT2D eigenvalue weighted by Crippen LogP contribution is -2.46. The zero-order valence-electron chi connectivity index (χ0n) is 14.9. The van der Waals surface area contributed by atoms with Gasteiger partial charge in [0.05, 0.1) is 5.92 Å². The van der Waals surface area contributed by atoms with E-state index in [1.165, 1.54) is 0 Å². The standard InChI is InChI=1S/C18H26F3N3O.HI/c1-2-22-17(23-10-9-13-5-3-8-16(25)11-13)24-15-7-4-6-14(12-15)18(19,20)21;/h3,5,8,11,14-15,25H,2,4,6-7,9-10,12H2,1H3,(H2,22,23,24);1H. The number of hydrogen-bond donors (Lipinski definition) is 3. The van der Waals surface area contributed by atoms with E-state index in [2.05, 4.69) is 15.6 Å². The Morgan fingerprint density at radius 3 is 2.73 bits per heavy atom. The van der Waals surface area contributed by atoms with E-state index in [0.29, 0.717) is 31.9 Å². The van der Waals surface area contributed by atoms with Crippen molar-refractivity contribution in [3.05, 3.63) is 29.8 Å². The summed E-state index contributed by atoms with van der Waals surface area (Å²) < 4.78 is 38.8. The normalized spacial score (nSPS) is 21.0. The maximum Gasteiger partial charge on any atom is 0.391 e. The molecule has 0 spiro atoms. The van der Waals surface area contributed by atoms with Crippen LogP contribution in [0.1, 0.15) is 38.2 Å². The molecule has 148 valence electrons. The number of aliphatic imine (C=N–C) groups is 1. The second-order valence-electron chi connectivity index (χ2n) is 6.43. The average molecular weight is 485 g/mol. The SMILES string of the molecule is CCNC(=NCCc1cccc(O)c1)NC1CCCC(C(F)(F)F)C1.I. The molecule has 2 atom stereocenters. The molecule has 2 rings (SSSR count). The highest BCUT2D eigenvalue weighted by atomic mass is 127. The van der Waals surface area contributed by atoms with Crippen molar-refractivity contribution in [2.24, 2.45) is 10.9 Å². The minimum atomic E-state index is -4.12. The van der Waals surface area contributed by atoms with Gasteiger partial charge in [0.25, 0.3) is 0 Å². The van der Waals surface area contributed by atoms with Crippen molar-refractivity contribution in [3.8, 4) is 5.75 Å². The highest BCUT2D eigenvalue weighted by Crippen LogP contribution is 2.37. The van der Waals surface area contributed by atoms with Crippen LogP contribution in [0.2, 0.25) is 0 Å².